The van der Waals surface area contributed by atoms with Crippen molar-refractivity contribution in [3.8, 4) is 0 Å². The average molecular weight is 286 g/mol. The van der Waals surface area contributed by atoms with Crippen LogP contribution in [0.5, 0.6) is 0 Å². The van der Waals surface area contributed by atoms with Gasteiger partial charge in [0.25, 0.3) is 0 Å². The second-order valence-corrected chi connectivity index (χ2v) is 6.77. The smallest absolute Gasteiger partial charge is 0.229 e. The summed E-state index contributed by atoms with van der Waals surface area (Å²) in [6.45, 7) is 2.56. The molecule has 1 aliphatic heterocycles. The molecule has 114 valence electrons. The molecule has 0 aromatic heterocycles. The van der Waals surface area contributed by atoms with Gasteiger partial charge in [0, 0.05) is 13.1 Å². The second kappa shape index (κ2) is 6.18. The van der Waals surface area contributed by atoms with Gasteiger partial charge in [-0.1, -0.05) is 36.8 Å². The number of hydrogen-bond acceptors (Lipinski definition) is 2. The Morgan fingerprint density at radius 2 is 1.86 bits per heavy atom. The number of rotatable bonds is 4. The molecule has 1 aliphatic carbocycles. The van der Waals surface area contributed by atoms with E-state index in [1.807, 2.05) is 6.07 Å². The van der Waals surface area contributed by atoms with Crippen LogP contribution >= 0.6 is 0 Å². The summed E-state index contributed by atoms with van der Waals surface area (Å²) in [6, 6.07) is 10.5. The van der Waals surface area contributed by atoms with Crippen LogP contribution < -0.4 is 5.73 Å². The number of nitrogens with zero attached hydrogens (tertiary/aromatic N) is 1. The molecule has 3 heteroatoms. The third-order valence-corrected chi connectivity index (χ3v) is 5.38. The number of piperidine rings is 1. The molecule has 2 fully saturated rings. The first-order valence-electron chi connectivity index (χ1n) is 8.27. The molecule has 0 radical (unpaired) electrons. The van der Waals surface area contributed by atoms with Crippen molar-refractivity contribution >= 4 is 5.91 Å². The van der Waals surface area contributed by atoms with Crippen LogP contribution in [-0.4, -0.2) is 30.4 Å². The van der Waals surface area contributed by atoms with Crippen molar-refractivity contribution in [1.29, 1.82) is 0 Å². The summed E-state index contributed by atoms with van der Waals surface area (Å²) in [5.41, 5.74) is 6.93. The number of hydrogen-bond donors (Lipinski definition) is 1. The highest BCUT2D eigenvalue weighted by atomic mass is 16.2. The number of carbonyl (C=O) groups excluding carboxylic acids is 1. The highest BCUT2D eigenvalue weighted by Gasteiger charge is 2.46. The van der Waals surface area contributed by atoms with Crippen LogP contribution in [0.4, 0.5) is 0 Å². The molecule has 0 atom stereocenters. The summed E-state index contributed by atoms with van der Waals surface area (Å²) in [6.07, 6.45) is 6.35. The monoisotopic (exact) mass is 286 g/mol. The first-order valence-corrected chi connectivity index (χ1v) is 8.27. The van der Waals surface area contributed by atoms with E-state index in [2.05, 4.69) is 29.2 Å². The zero-order valence-corrected chi connectivity index (χ0v) is 12.8. The molecule has 1 amide bonds. The first-order chi connectivity index (χ1) is 10.2. The third kappa shape index (κ3) is 2.98. The van der Waals surface area contributed by atoms with Crippen molar-refractivity contribution in [2.45, 2.75) is 38.5 Å². The minimum Gasteiger partial charge on any atom is -0.342 e. The molecule has 2 N–H and O–H groups in total. The summed E-state index contributed by atoms with van der Waals surface area (Å²) in [4.78, 5) is 15.1. The Bertz CT molecular complexity index is 473. The van der Waals surface area contributed by atoms with E-state index in [1.165, 1.54) is 12.0 Å². The molecule has 3 nitrogen and oxygen atoms in total. The summed E-state index contributed by atoms with van der Waals surface area (Å²) in [5.74, 6) is 1.01. The van der Waals surface area contributed by atoms with Crippen molar-refractivity contribution in [2.75, 3.05) is 19.6 Å². The van der Waals surface area contributed by atoms with Crippen LogP contribution in [0.25, 0.3) is 0 Å². The fourth-order valence-corrected chi connectivity index (χ4v) is 3.76. The maximum Gasteiger partial charge on any atom is 0.229 e. The van der Waals surface area contributed by atoms with Crippen molar-refractivity contribution in [1.82, 2.24) is 4.90 Å². The van der Waals surface area contributed by atoms with Gasteiger partial charge in [-0.15, -0.1) is 0 Å². The molecule has 1 heterocycles. The van der Waals surface area contributed by atoms with Crippen molar-refractivity contribution in [3.05, 3.63) is 35.9 Å². The Labute approximate surface area is 127 Å². The summed E-state index contributed by atoms with van der Waals surface area (Å²) < 4.78 is 0. The van der Waals surface area contributed by atoms with Crippen LogP contribution in [0.3, 0.4) is 0 Å². The van der Waals surface area contributed by atoms with Gasteiger partial charge in [-0.2, -0.15) is 0 Å². The van der Waals surface area contributed by atoms with Gasteiger partial charge < -0.3 is 10.6 Å². The van der Waals surface area contributed by atoms with Gasteiger partial charge >= 0.3 is 0 Å². The molecule has 0 spiro atoms. The van der Waals surface area contributed by atoms with Gasteiger partial charge in [-0.25, -0.2) is 0 Å². The van der Waals surface area contributed by atoms with E-state index in [-0.39, 0.29) is 5.41 Å². The lowest BCUT2D eigenvalue weighted by molar-refractivity contribution is -0.149. The molecule has 0 bridgehead atoms. The third-order valence-electron chi connectivity index (χ3n) is 5.38. The highest BCUT2D eigenvalue weighted by molar-refractivity contribution is 5.84. The molecule has 1 saturated carbocycles. The lowest BCUT2D eigenvalue weighted by atomic mass is 9.64. The van der Waals surface area contributed by atoms with Gasteiger partial charge in [0.05, 0.1) is 5.41 Å². The average Bonchev–Trinajstić information content (AvgIpc) is 2.51. The fraction of sp³-hybridized carbons (Fsp3) is 0.611. The van der Waals surface area contributed by atoms with Gasteiger partial charge in [-0.05, 0) is 50.1 Å². The molecule has 1 saturated heterocycles. The normalized spacial score (nSPS) is 21.9. The van der Waals surface area contributed by atoms with Crippen LogP contribution in [0.15, 0.2) is 30.3 Å². The second-order valence-electron chi connectivity index (χ2n) is 6.77. The number of carbonyl (C=O) groups is 1. The number of benzene rings is 1. The quantitative estimate of drug-likeness (QED) is 0.925. The van der Waals surface area contributed by atoms with E-state index in [0.29, 0.717) is 11.8 Å². The highest BCUT2D eigenvalue weighted by Crippen LogP contribution is 2.45. The number of nitrogens with two attached hydrogens (primary N) is 1. The molecule has 3 rings (SSSR count). The van der Waals surface area contributed by atoms with E-state index in [4.69, 9.17) is 5.73 Å². The van der Waals surface area contributed by atoms with Crippen LogP contribution in [0.2, 0.25) is 0 Å². The van der Waals surface area contributed by atoms with Gasteiger partial charge in [0.15, 0.2) is 0 Å². The first kappa shape index (κ1) is 14.6. The minimum atomic E-state index is -0.114. The van der Waals surface area contributed by atoms with Crippen LogP contribution in [-0.2, 0) is 11.2 Å². The summed E-state index contributed by atoms with van der Waals surface area (Å²) >= 11 is 0. The molecular formula is C18H26N2O. The van der Waals surface area contributed by atoms with Crippen LogP contribution in [0.1, 0.15) is 37.7 Å². The lowest BCUT2D eigenvalue weighted by Crippen LogP contribution is -2.51. The molecule has 2 aliphatic rings. The molecular weight excluding hydrogens is 260 g/mol. The van der Waals surface area contributed by atoms with E-state index >= 15 is 0 Å². The fourth-order valence-electron chi connectivity index (χ4n) is 3.76. The number of likely N-dealkylation sites (tertiary alicyclic amines) is 1. The predicted molar refractivity (Wildman–Crippen MR) is 84.8 cm³/mol. The Morgan fingerprint density at radius 1 is 1.19 bits per heavy atom. The van der Waals surface area contributed by atoms with E-state index < -0.39 is 0 Å². The minimum absolute atomic E-state index is 0.114. The van der Waals surface area contributed by atoms with Gasteiger partial charge in [0.1, 0.15) is 0 Å². The van der Waals surface area contributed by atoms with Crippen molar-refractivity contribution < 1.29 is 4.79 Å². The maximum absolute atomic E-state index is 13.0. The maximum atomic E-state index is 13.0. The van der Waals surface area contributed by atoms with E-state index in [9.17, 15) is 4.79 Å². The number of amides is 1. The van der Waals surface area contributed by atoms with E-state index in [1.54, 1.807) is 0 Å². The largest absolute Gasteiger partial charge is 0.342 e. The van der Waals surface area contributed by atoms with Crippen molar-refractivity contribution in [3.63, 3.8) is 0 Å². The Kier molecular flexibility index (Phi) is 4.29. The Morgan fingerprint density at radius 3 is 2.38 bits per heavy atom. The zero-order valence-electron chi connectivity index (χ0n) is 12.8. The SMILES string of the molecule is NCC1CCN(C(=O)C2(Cc3ccccc3)CCC2)CC1. The van der Waals surface area contributed by atoms with E-state index in [0.717, 1.165) is 51.7 Å². The lowest BCUT2D eigenvalue weighted by Gasteiger charge is -2.45. The molecule has 1 aromatic carbocycles. The standard InChI is InChI=1S/C18H26N2O/c19-14-16-7-11-20(12-8-16)17(21)18(9-4-10-18)13-15-5-2-1-3-6-15/h1-3,5-6,16H,4,7-14,19H2. The van der Waals surface area contributed by atoms with Crippen LogP contribution in [0, 0.1) is 11.3 Å². The Balaban J connectivity index is 1.67. The predicted octanol–water partition coefficient (Wildman–Crippen LogP) is 2.60. The molecule has 0 unspecified atom stereocenters. The summed E-state index contributed by atoms with van der Waals surface area (Å²) in [5, 5.41) is 0. The zero-order chi connectivity index (χ0) is 14.7. The van der Waals surface area contributed by atoms with Crippen molar-refractivity contribution in [2.24, 2.45) is 17.1 Å². The topological polar surface area (TPSA) is 46.3 Å². The van der Waals surface area contributed by atoms with Gasteiger partial charge in [-0.3, -0.25) is 4.79 Å². The molecule has 21 heavy (non-hydrogen) atoms. The Hall–Kier alpha value is -1.35. The molecule has 1 aromatic rings. The van der Waals surface area contributed by atoms with Gasteiger partial charge in [0.2, 0.25) is 5.91 Å². The summed E-state index contributed by atoms with van der Waals surface area (Å²) in [7, 11) is 0.